The number of rotatable bonds is 2. The molecule has 0 aromatic rings. The Labute approximate surface area is 70.3 Å². The molecule has 9 heavy (non-hydrogen) atoms. The number of hydrogen-bond acceptors (Lipinski definition) is 2. The quantitative estimate of drug-likeness (QED) is 0.662. The van der Waals surface area contributed by atoms with Crippen LogP contribution in [0, 0.1) is 0 Å². The standard InChI is InChI=1S/C4H10O2.2ClH.Co/c1-4(5-2)6-3;;;/h4H,1-3H3;2*1H;/q;;;+2/p-2. The molecule has 0 unspecified atom stereocenters. The van der Waals surface area contributed by atoms with Crippen LogP contribution in [0.2, 0.25) is 0 Å². The summed E-state index contributed by atoms with van der Waals surface area (Å²) < 4.78 is 9.35. The van der Waals surface area contributed by atoms with E-state index in [9.17, 15) is 0 Å². The molecule has 61 valence electrons. The Balaban J connectivity index is 0. The molecule has 2 nitrogen and oxygen atoms in total. The van der Waals surface area contributed by atoms with E-state index in [0.717, 1.165) is 0 Å². The summed E-state index contributed by atoms with van der Waals surface area (Å²) in [6.07, 6.45) is -0.0648. The van der Waals surface area contributed by atoms with Gasteiger partial charge in [-0.15, -0.1) is 0 Å². The zero-order chi connectivity index (χ0) is 7.70. The van der Waals surface area contributed by atoms with Crippen molar-refractivity contribution in [3.8, 4) is 0 Å². The maximum atomic E-state index is 4.73. The van der Waals surface area contributed by atoms with Gasteiger partial charge in [-0.2, -0.15) is 0 Å². The molecule has 0 heterocycles. The maximum absolute atomic E-state index is 4.73. The van der Waals surface area contributed by atoms with Crippen LogP contribution in [-0.2, 0) is 22.4 Å². The van der Waals surface area contributed by atoms with Gasteiger partial charge in [-0.05, 0) is 6.92 Å². The molecule has 0 bridgehead atoms. The van der Waals surface area contributed by atoms with Crippen LogP contribution in [0.25, 0.3) is 0 Å². The third kappa shape index (κ3) is 17.6. The van der Waals surface area contributed by atoms with E-state index in [2.05, 4.69) is 9.47 Å². The normalized spacial score (nSPS) is 9.11. The van der Waals surface area contributed by atoms with Crippen LogP contribution < -0.4 is 0 Å². The molecule has 0 aromatic carbocycles. The third-order valence-electron chi connectivity index (χ3n) is 0.664. The molecule has 0 amide bonds. The van der Waals surface area contributed by atoms with E-state index in [1.165, 1.54) is 0 Å². The van der Waals surface area contributed by atoms with Gasteiger partial charge >= 0.3 is 33.2 Å². The van der Waals surface area contributed by atoms with Crippen molar-refractivity contribution in [3.05, 3.63) is 0 Å². The van der Waals surface area contributed by atoms with Gasteiger partial charge in [0.15, 0.2) is 6.29 Å². The van der Waals surface area contributed by atoms with Crippen LogP contribution in [0.1, 0.15) is 6.92 Å². The fourth-order valence-electron chi connectivity index (χ4n) is 0.0962. The van der Waals surface area contributed by atoms with Gasteiger partial charge in [-0.25, -0.2) is 0 Å². The predicted octanol–water partition coefficient (Wildman–Crippen LogP) is 2.00. The molecule has 0 fully saturated rings. The van der Waals surface area contributed by atoms with Crippen molar-refractivity contribution in [2.75, 3.05) is 14.2 Å². The summed E-state index contributed by atoms with van der Waals surface area (Å²) in [5.41, 5.74) is 0. The molecule has 0 aliphatic rings. The molecule has 0 atom stereocenters. The number of ether oxygens (including phenoxy) is 2. The summed E-state index contributed by atoms with van der Waals surface area (Å²) in [5.74, 6) is 0. The van der Waals surface area contributed by atoms with Crippen LogP contribution in [0.15, 0.2) is 0 Å². The average Bonchev–Trinajstić information content (AvgIpc) is 1.88. The Morgan fingerprint density at radius 1 is 1.22 bits per heavy atom. The summed E-state index contributed by atoms with van der Waals surface area (Å²) >= 11 is 0.382. The number of hydrogen-bond donors (Lipinski definition) is 0. The van der Waals surface area contributed by atoms with Crippen LogP contribution in [-0.4, -0.2) is 20.5 Å². The summed E-state index contributed by atoms with van der Waals surface area (Å²) in [6, 6.07) is 0. The van der Waals surface area contributed by atoms with Gasteiger partial charge in [-0.1, -0.05) is 0 Å². The summed E-state index contributed by atoms with van der Waals surface area (Å²) in [7, 11) is 12.7. The topological polar surface area (TPSA) is 18.5 Å². The second-order valence-electron chi connectivity index (χ2n) is 1.09. The Bertz CT molecular complexity index is 43.5. The van der Waals surface area contributed by atoms with Crippen LogP contribution in [0.5, 0.6) is 0 Å². The van der Waals surface area contributed by atoms with E-state index >= 15 is 0 Å². The third-order valence-corrected chi connectivity index (χ3v) is 0.664. The minimum atomic E-state index is -0.0648. The van der Waals surface area contributed by atoms with Crippen molar-refractivity contribution in [2.45, 2.75) is 13.2 Å². The number of methoxy groups -OCH3 is 2. The van der Waals surface area contributed by atoms with Crippen molar-refractivity contribution < 1.29 is 22.4 Å². The zero-order valence-corrected chi connectivity index (χ0v) is 8.04. The van der Waals surface area contributed by atoms with Crippen molar-refractivity contribution >= 4 is 20.3 Å². The van der Waals surface area contributed by atoms with Crippen molar-refractivity contribution in [1.29, 1.82) is 0 Å². The molecule has 0 aliphatic heterocycles. The zero-order valence-electron chi connectivity index (χ0n) is 5.48. The monoisotopic (exact) mass is 219 g/mol. The first kappa shape index (κ1) is 12.7. The van der Waals surface area contributed by atoms with Crippen LogP contribution >= 0.6 is 20.3 Å². The van der Waals surface area contributed by atoms with Crippen LogP contribution in [0.3, 0.4) is 0 Å². The second kappa shape index (κ2) is 11.8. The fraction of sp³-hybridized carbons (Fsp3) is 1.00. The molecular formula is C4H10Cl2CoO2. The summed E-state index contributed by atoms with van der Waals surface area (Å²) in [4.78, 5) is 0. The van der Waals surface area contributed by atoms with E-state index in [0.29, 0.717) is 12.9 Å². The average molecular weight is 220 g/mol. The first-order valence-corrected chi connectivity index (χ1v) is 4.98. The molecule has 0 rings (SSSR count). The summed E-state index contributed by atoms with van der Waals surface area (Å²) in [6.45, 7) is 1.83. The first-order valence-electron chi connectivity index (χ1n) is 2.12. The van der Waals surface area contributed by atoms with Gasteiger partial charge in [0, 0.05) is 14.2 Å². The SMILES string of the molecule is COC(C)OC.[Cl][Co][Cl]. The van der Waals surface area contributed by atoms with Crippen LogP contribution in [0.4, 0.5) is 0 Å². The van der Waals surface area contributed by atoms with Gasteiger partial charge in [-0.3, -0.25) is 0 Å². The van der Waals surface area contributed by atoms with Gasteiger partial charge in [0.2, 0.25) is 0 Å². The molecular weight excluding hydrogens is 210 g/mol. The second-order valence-corrected chi connectivity index (χ2v) is 2.81. The Hall–Kier alpha value is 1.01. The molecule has 5 heteroatoms. The Morgan fingerprint density at radius 3 is 1.44 bits per heavy atom. The van der Waals surface area contributed by atoms with Gasteiger partial charge in [0.25, 0.3) is 0 Å². The molecule has 0 radical (unpaired) electrons. The molecule has 0 aliphatic carbocycles. The van der Waals surface area contributed by atoms with Gasteiger partial charge in [0.05, 0.1) is 0 Å². The Kier molecular flexibility index (Phi) is 16.5. The Morgan fingerprint density at radius 2 is 1.44 bits per heavy atom. The van der Waals surface area contributed by atoms with Crippen molar-refractivity contribution in [2.24, 2.45) is 0 Å². The van der Waals surface area contributed by atoms with E-state index in [1.54, 1.807) is 14.2 Å². The van der Waals surface area contributed by atoms with Gasteiger partial charge < -0.3 is 9.47 Å². The van der Waals surface area contributed by atoms with Crippen molar-refractivity contribution in [3.63, 3.8) is 0 Å². The summed E-state index contributed by atoms with van der Waals surface area (Å²) in [5, 5.41) is 0. The molecule has 0 spiro atoms. The molecule has 0 saturated carbocycles. The molecule has 0 aromatic heterocycles. The minimum absolute atomic E-state index is 0.0648. The first-order chi connectivity index (χ1) is 4.22. The molecule has 0 N–H and O–H groups in total. The fourth-order valence-corrected chi connectivity index (χ4v) is 0.0962. The van der Waals surface area contributed by atoms with E-state index < -0.39 is 0 Å². The van der Waals surface area contributed by atoms with Crippen molar-refractivity contribution in [1.82, 2.24) is 0 Å². The molecule has 0 saturated heterocycles. The van der Waals surface area contributed by atoms with E-state index in [4.69, 9.17) is 20.3 Å². The number of halogens is 2. The van der Waals surface area contributed by atoms with Gasteiger partial charge in [0.1, 0.15) is 0 Å². The van der Waals surface area contributed by atoms with E-state index in [1.807, 2.05) is 6.92 Å². The van der Waals surface area contributed by atoms with E-state index in [-0.39, 0.29) is 6.29 Å². The predicted molar refractivity (Wildman–Crippen MR) is 35.2 cm³/mol.